The van der Waals surface area contributed by atoms with E-state index in [2.05, 4.69) is 0 Å². The van der Waals surface area contributed by atoms with Gasteiger partial charge in [0.1, 0.15) is 0 Å². The number of rotatable bonds is 5. The Kier molecular flexibility index (Phi) is 5.53. The summed E-state index contributed by atoms with van der Waals surface area (Å²) in [7, 11) is -6.86. The smallest absolute Gasteiger partial charge is 0.212 e. The van der Waals surface area contributed by atoms with E-state index in [-0.39, 0.29) is 36.3 Å². The summed E-state index contributed by atoms with van der Waals surface area (Å²) in [5, 5.41) is -0.280. The molecule has 0 N–H and O–H groups in total. The van der Waals surface area contributed by atoms with Gasteiger partial charge in [-0.1, -0.05) is 31.9 Å². The van der Waals surface area contributed by atoms with Crippen molar-refractivity contribution < 1.29 is 16.8 Å². The number of nitrogens with zero attached hydrogens (tertiary/aromatic N) is 2. The number of benzene rings is 1. The second-order valence-electron chi connectivity index (χ2n) is 6.75. The summed E-state index contributed by atoms with van der Waals surface area (Å²) in [6, 6.07) is 6.92. The number of hydrogen-bond donors (Lipinski definition) is 0. The highest BCUT2D eigenvalue weighted by Crippen LogP contribution is 2.28. The van der Waals surface area contributed by atoms with Crippen LogP contribution in [0.2, 0.25) is 0 Å². The first-order chi connectivity index (χ1) is 11.9. The molecule has 1 saturated heterocycles. The fraction of sp³-hybridized carbons (Fsp3) is 0.647. The molecule has 0 aromatic heterocycles. The molecule has 140 valence electrons. The van der Waals surface area contributed by atoms with Crippen LogP contribution >= 0.6 is 0 Å². The summed E-state index contributed by atoms with van der Waals surface area (Å²) in [5.74, 6) is 0. The summed E-state index contributed by atoms with van der Waals surface area (Å²) in [5.41, 5.74) is 1.09. The lowest BCUT2D eigenvalue weighted by Crippen LogP contribution is -2.52. The molecule has 1 heterocycles. The summed E-state index contributed by atoms with van der Waals surface area (Å²) in [6.07, 6.45) is 4.24. The van der Waals surface area contributed by atoms with Gasteiger partial charge in [0.15, 0.2) is 0 Å². The maximum atomic E-state index is 12.8. The molecule has 1 saturated carbocycles. The van der Waals surface area contributed by atoms with E-state index >= 15 is 0 Å². The normalized spacial score (nSPS) is 21.6. The molecule has 1 aromatic carbocycles. The molecule has 2 aliphatic rings. The van der Waals surface area contributed by atoms with Crippen molar-refractivity contribution in [1.82, 2.24) is 8.61 Å². The van der Waals surface area contributed by atoms with Gasteiger partial charge in [-0.25, -0.2) is 16.8 Å². The van der Waals surface area contributed by atoms with E-state index in [0.717, 1.165) is 37.7 Å². The van der Waals surface area contributed by atoms with E-state index in [9.17, 15) is 16.8 Å². The van der Waals surface area contributed by atoms with E-state index in [1.54, 1.807) is 12.1 Å². The Morgan fingerprint density at radius 2 is 1.40 bits per heavy atom. The van der Waals surface area contributed by atoms with Gasteiger partial charge in [0.2, 0.25) is 20.0 Å². The molecule has 0 amide bonds. The van der Waals surface area contributed by atoms with Crippen molar-refractivity contribution in [3.05, 3.63) is 29.8 Å². The Morgan fingerprint density at radius 3 is 1.92 bits per heavy atom. The van der Waals surface area contributed by atoms with Crippen molar-refractivity contribution in [3.63, 3.8) is 0 Å². The van der Waals surface area contributed by atoms with Crippen LogP contribution < -0.4 is 0 Å². The van der Waals surface area contributed by atoms with Crippen LogP contribution in [-0.2, 0) is 26.5 Å². The van der Waals surface area contributed by atoms with Crippen LogP contribution in [0.25, 0.3) is 0 Å². The predicted octanol–water partition coefficient (Wildman–Crippen LogP) is 1.83. The molecule has 6 nitrogen and oxygen atoms in total. The lowest BCUT2D eigenvalue weighted by molar-refractivity contribution is 0.270. The van der Waals surface area contributed by atoms with Crippen molar-refractivity contribution in [2.24, 2.45) is 0 Å². The van der Waals surface area contributed by atoms with E-state index in [0.29, 0.717) is 0 Å². The average Bonchev–Trinajstić information content (AvgIpc) is 3.17. The zero-order valence-electron chi connectivity index (χ0n) is 14.6. The topological polar surface area (TPSA) is 74.8 Å². The summed E-state index contributed by atoms with van der Waals surface area (Å²) >= 11 is 0. The molecule has 1 aromatic rings. The molecule has 0 atom stereocenters. The Labute approximate surface area is 150 Å². The van der Waals surface area contributed by atoms with Gasteiger partial charge in [-0.3, -0.25) is 0 Å². The Bertz CT molecular complexity index is 790. The van der Waals surface area contributed by atoms with Crippen LogP contribution in [0.1, 0.15) is 38.2 Å². The van der Waals surface area contributed by atoms with Gasteiger partial charge in [0, 0.05) is 26.2 Å². The monoisotopic (exact) mass is 386 g/mol. The Hall–Kier alpha value is -0.960. The summed E-state index contributed by atoms with van der Waals surface area (Å²) < 4.78 is 53.7. The first-order valence-electron chi connectivity index (χ1n) is 8.94. The largest absolute Gasteiger partial charge is 0.243 e. The molecule has 0 bridgehead atoms. The quantitative estimate of drug-likeness (QED) is 0.774. The van der Waals surface area contributed by atoms with Gasteiger partial charge in [-0.2, -0.15) is 8.61 Å². The second-order valence-corrected chi connectivity index (χ2v) is 10.9. The van der Waals surface area contributed by atoms with E-state index in [1.807, 2.05) is 19.1 Å². The van der Waals surface area contributed by atoms with Gasteiger partial charge in [0.05, 0.1) is 10.1 Å². The number of aryl methyl sites for hydroxylation is 1. The van der Waals surface area contributed by atoms with Crippen LogP contribution in [-0.4, -0.2) is 56.9 Å². The first-order valence-corrected chi connectivity index (χ1v) is 11.9. The maximum absolute atomic E-state index is 12.8. The van der Waals surface area contributed by atoms with Gasteiger partial charge < -0.3 is 0 Å². The van der Waals surface area contributed by atoms with Gasteiger partial charge in [-0.05, 0) is 37.0 Å². The molecule has 2 fully saturated rings. The Balaban J connectivity index is 1.68. The van der Waals surface area contributed by atoms with Crippen molar-refractivity contribution in [1.29, 1.82) is 0 Å². The molecular formula is C17H26N2O4S2. The highest BCUT2D eigenvalue weighted by atomic mass is 32.2. The lowest BCUT2D eigenvalue weighted by atomic mass is 10.2. The highest BCUT2D eigenvalue weighted by molar-refractivity contribution is 7.90. The highest BCUT2D eigenvalue weighted by Gasteiger charge is 2.37. The molecule has 1 aliphatic carbocycles. The van der Waals surface area contributed by atoms with Crippen LogP contribution in [0, 0.1) is 0 Å². The molecule has 0 spiro atoms. The fourth-order valence-corrected chi connectivity index (χ4v) is 7.05. The first kappa shape index (κ1) is 18.8. The van der Waals surface area contributed by atoms with Crippen LogP contribution in [0.15, 0.2) is 29.2 Å². The molecular weight excluding hydrogens is 360 g/mol. The zero-order chi connectivity index (χ0) is 18.1. The van der Waals surface area contributed by atoms with Gasteiger partial charge >= 0.3 is 0 Å². The SMILES string of the molecule is CCc1ccc(S(=O)(=O)N2CCN(S(=O)(=O)C3CCCC3)CC2)cc1. The number of piperazine rings is 1. The standard InChI is InChI=1S/C17H26N2O4S2/c1-2-15-7-9-17(10-8-15)25(22,23)19-13-11-18(12-14-19)24(20,21)16-5-3-4-6-16/h7-10,16H,2-6,11-14H2,1H3. The van der Waals surface area contributed by atoms with Crippen LogP contribution in [0.3, 0.4) is 0 Å². The molecule has 25 heavy (non-hydrogen) atoms. The van der Waals surface area contributed by atoms with E-state index < -0.39 is 20.0 Å². The maximum Gasteiger partial charge on any atom is 0.243 e. The van der Waals surface area contributed by atoms with Gasteiger partial charge in [-0.15, -0.1) is 0 Å². The van der Waals surface area contributed by atoms with Crippen molar-refractivity contribution in [2.75, 3.05) is 26.2 Å². The van der Waals surface area contributed by atoms with E-state index in [4.69, 9.17) is 0 Å². The van der Waals surface area contributed by atoms with Crippen LogP contribution in [0.4, 0.5) is 0 Å². The molecule has 0 unspecified atom stereocenters. The third kappa shape index (κ3) is 3.77. The zero-order valence-corrected chi connectivity index (χ0v) is 16.2. The molecule has 8 heteroatoms. The second kappa shape index (κ2) is 7.34. The average molecular weight is 387 g/mol. The van der Waals surface area contributed by atoms with Gasteiger partial charge in [0.25, 0.3) is 0 Å². The molecule has 0 radical (unpaired) electrons. The summed E-state index contributed by atoms with van der Waals surface area (Å²) in [4.78, 5) is 0.275. The third-order valence-electron chi connectivity index (χ3n) is 5.25. The van der Waals surface area contributed by atoms with Crippen molar-refractivity contribution >= 4 is 20.0 Å². The van der Waals surface area contributed by atoms with Crippen LogP contribution in [0.5, 0.6) is 0 Å². The minimum absolute atomic E-state index is 0.212. The fourth-order valence-electron chi connectivity index (χ4n) is 3.61. The number of hydrogen-bond acceptors (Lipinski definition) is 4. The minimum atomic E-state index is -3.56. The Morgan fingerprint density at radius 1 is 0.880 bits per heavy atom. The third-order valence-corrected chi connectivity index (χ3v) is 9.56. The molecule has 3 rings (SSSR count). The molecule has 1 aliphatic heterocycles. The predicted molar refractivity (Wildman–Crippen MR) is 97.3 cm³/mol. The van der Waals surface area contributed by atoms with E-state index in [1.165, 1.54) is 8.61 Å². The minimum Gasteiger partial charge on any atom is -0.212 e. The number of sulfonamides is 2. The van der Waals surface area contributed by atoms with Crippen molar-refractivity contribution in [2.45, 2.75) is 49.2 Å². The summed E-state index contributed by atoms with van der Waals surface area (Å²) in [6.45, 7) is 2.93. The van der Waals surface area contributed by atoms with Crippen molar-refractivity contribution in [3.8, 4) is 0 Å². The lowest BCUT2D eigenvalue weighted by Gasteiger charge is -2.34.